The van der Waals surface area contributed by atoms with Crippen LogP contribution >= 0.6 is 24.0 Å². The van der Waals surface area contributed by atoms with Gasteiger partial charge in [-0.3, -0.25) is 9.69 Å². The first-order valence-electron chi connectivity index (χ1n) is 10.0. The van der Waals surface area contributed by atoms with Crippen LogP contribution in [0.5, 0.6) is 11.5 Å². The van der Waals surface area contributed by atoms with E-state index in [9.17, 15) is 4.79 Å². The summed E-state index contributed by atoms with van der Waals surface area (Å²) in [5, 5.41) is 0. The molecule has 0 aliphatic carbocycles. The number of amides is 1. The van der Waals surface area contributed by atoms with Gasteiger partial charge in [0.1, 0.15) is 0 Å². The van der Waals surface area contributed by atoms with E-state index >= 15 is 0 Å². The number of thioether (sulfide) groups is 1. The molecule has 0 spiro atoms. The average Bonchev–Trinajstić information content (AvgIpc) is 2.97. The van der Waals surface area contributed by atoms with Gasteiger partial charge in [-0.1, -0.05) is 50.0 Å². The van der Waals surface area contributed by atoms with Gasteiger partial charge < -0.3 is 9.47 Å². The number of ether oxygens (including phenoxy) is 2. The first-order chi connectivity index (χ1) is 14.3. The maximum Gasteiger partial charge on any atom is 0.270 e. The molecule has 0 aromatic heterocycles. The van der Waals surface area contributed by atoms with Crippen LogP contribution in [-0.4, -0.2) is 23.4 Å². The molecule has 4 nitrogen and oxygen atoms in total. The van der Waals surface area contributed by atoms with Gasteiger partial charge in [0.15, 0.2) is 15.8 Å². The van der Waals surface area contributed by atoms with Gasteiger partial charge in [-0.05, 0) is 73.7 Å². The number of nitrogens with zero attached hydrogens (tertiary/aromatic N) is 1. The highest BCUT2D eigenvalue weighted by Crippen LogP contribution is 2.37. The van der Waals surface area contributed by atoms with Crippen LogP contribution in [0, 0.1) is 19.8 Å². The topological polar surface area (TPSA) is 38.8 Å². The molecule has 0 saturated carbocycles. The maximum atomic E-state index is 13.1. The summed E-state index contributed by atoms with van der Waals surface area (Å²) in [6.07, 6.45) is 1.86. The summed E-state index contributed by atoms with van der Waals surface area (Å²) in [5.41, 5.74) is 3.99. The fourth-order valence-corrected chi connectivity index (χ4v) is 4.26. The molecule has 1 amide bonds. The van der Waals surface area contributed by atoms with Crippen LogP contribution in [0.1, 0.15) is 37.5 Å². The third kappa shape index (κ3) is 5.05. The minimum Gasteiger partial charge on any atom is -0.490 e. The Kier molecular flexibility index (Phi) is 7.21. The molecule has 158 valence electrons. The number of anilines is 1. The summed E-state index contributed by atoms with van der Waals surface area (Å²) < 4.78 is 12.2. The Labute approximate surface area is 188 Å². The van der Waals surface area contributed by atoms with Gasteiger partial charge in [0, 0.05) is 0 Å². The molecule has 0 radical (unpaired) electrons. The molecule has 1 saturated heterocycles. The van der Waals surface area contributed by atoms with Crippen molar-refractivity contribution in [2.24, 2.45) is 5.92 Å². The molecule has 0 N–H and O–H groups in total. The van der Waals surface area contributed by atoms with Gasteiger partial charge in [-0.25, -0.2) is 0 Å². The molecule has 0 atom stereocenters. The van der Waals surface area contributed by atoms with Crippen molar-refractivity contribution in [3.05, 3.63) is 58.0 Å². The summed E-state index contributed by atoms with van der Waals surface area (Å²) in [6.45, 7) is 11.4. The monoisotopic (exact) mass is 441 g/mol. The van der Waals surface area contributed by atoms with E-state index in [2.05, 4.69) is 13.8 Å². The standard InChI is InChI=1S/C24H27NO3S2/c1-6-27-21-12-18(8-10-20(21)28-14-15(2)3)13-22-23(26)25(24(29)30-22)19-9-7-16(4)17(5)11-19/h7-13,15H,6,14H2,1-5H3/b22-13-. The number of aryl methyl sites for hydroxylation is 2. The lowest BCUT2D eigenvalue weighted by Crippen LogP contribution is -2.27. The molecule has 1 fully saturated rings. The van der Waals surface area contributed by atoms with Crippen LogP contribution in [0.3, 0.4) is 0 Å². The van der Waals surface area contributed by atoms with Crippen molar-refractivity contribution in [1.29, 1.82) is 0 Å². The van der Waals surface area contributed by atoms with Crippen molar-refractivity contribution in [1.82, 2.24) is 0 Å². The van der Waals surface area contributed by atoms with Crippen molar-refractivity contribution < 1.29 is 14.3 Å². The average molecular weight is 442 g/mol. The number of carbonyl (C=O) groups excluding carboxylic acids is 1. The summed E-state index contributed by atoms with van der Waals surface area (Å²) in [6, 6.07) is 11.7. The third-order valence-corrected chi connectivity index (χ3v) is 5.98. The quantitative estimate of drug-likeness (QED) is 0.381. The zero-order chi connectivity index (χ0) is 21.8. The zero-order valence-electron chi connectivity index (χ0n) is 18.0. The van der Waals surface area contributed by atoms with Crippen LogP contribution < -0.4 is 14.4 Å². The second-order valence-corrected chi connectivity index (χ2v) is 9.31. The van der Waals surface area contributed by atoms with Gasteiger partial charge in [0.25, 0.3) is 5.91 Å². The number of hydrogen-bond acceptors (Lipinski definition) is 5. The number of carbonyl (C=O) groups is 1. The fourth-order valence-electron chi connectivity index (χ4n) is 2.96. The van der Waals surface area contributed by atoms with E-state index in [0.29, 0.717) is 39.9 Å². The SMILES string of the molecule is CCOc1cc(/C=C2\SC(=S)N(c3ccc(C)c(C)c3)C2=O)ccc1OCC(C)C. The van der Waals surface area contributed by atoms with Crippen LogP contribution in [0.2, 0.25) is 0 Å². The molecule has 0 unspecified atom stereocenters. The van der Waals surface area contributed by atoms with Gasteiger partial charge in [0.2, 0.25) is 0 Å². The normalized spacial score (nSPS) is 15.4. The summed E-state index contributed by atoms with van der Waals surface area (Å²) in [5.74, 6) is 1.71. The highest BCUT2D eigenvalue weighted by Gasteiger charge is 2.33. The lowest BCUT2D eigenvalue weighted by Gasteiger charge is -2.16. The third-order valence-electron chi connectivity index (χ3n) is 4.68. The predicted octanol–water partition coefficient (Wildman–Crippen LogP) is 6.14. The molecular formula is C24H27NO3S2. The lowest BCUT2D eigenvalue weighted by atomic mass is 10.1. The Morgan fingerprint density at radius 3 is 2.50 bits per heavy atom. The Morgan fingerprint density at radius 1 is 1.07 bits per heavy atom. The summed E-state index contributed by atoms with van der Waals surface area (Å²) >= 11 is 6.81. The zero-order valence-corrected chi connectivity index (χ0v) is 19.7. The Hall–Kier alpha value is -2.31. The molecule has 2 aromatic carbocycles. The highest BCUT2D eigenvalue weighted by molar-refractivity contribution is 8.27. The Bertz CT molecular complexity index is 998. The molecule has 1 aliphatic heterocycles. The van der Waals surface area contributed by atoms with Crippen molar-refractivity contribution >= 4 is 46.0 Å². The van der Waals surface area contributed by atoms with Crippen molar-refractivity contribution in [3.8, 4) is 11.5 Å². The van der Waals surface area contributed by atoms with Crippen LogP contribution in [0.4, 0.5) is 5.69 Å². The van der Waals surface area contributed by atoms with Crippen molar-refractivity contribution in [2.75, 3.05) is 18.1 Å². The van der Waals surface area contributed by atoms with E-state index in [1.807, 2.05) is 63.2 Å². The molecule has 2 aromatic rings. The van der Waals surface area contributed by atoms with E-state index in [1.54, 1.807) is 4.90 Å². The van der Waals surface area contributed by atoms with Crippen LogP contribution in [-0.2, 0) is 4.79 Å². The van der Waals surface area contributed by atoms with E-state index in [1.165, 1.54) is 17.3 Å². The molecule has 1 heterocycles. The minimum absolute atomic E-state index is 0.105. The summed E-state index contributed by atoms with van der Waals surface area (Å²) in [4.78, 5) is 15.3. The van der Waals surface area contributed by atoms with Gasteiger partial charge in [0.05, 0.1) is 23.8 Å². The van der Waals surface area contributed by atoms with Gasteiger partial charge in [-0.15, -0.1) is 0 Å². The molecule has 6 heteroatoms. The molecular weight excluding hydrogens is 414 g/mol. The lowest BCUT2D eigenvalue weighted by molar-refractivity contribution is -0.113. The van der Waals surface area contributed by atoms with E-state index < -0.39 is 0 Å². The first-order valence-corrected chi connectivity index (χ1v) is 11.3. The predicted molar refractivity (Wildman–Crippen MR) is 130 cm³/mol. The number of rotatable bonds is 7. The van der Waals surface area contributed by atoms with Gasteiger partial charge >= 0.3 is 0 Å². The Balaban J connectivity index is 1.87. The smallest absolute Gasteiger partial charge is 0.270 e. The van der Waals surface area contributed by atoms with Crippen LogP contribution in [0.25, 0.3) is 6.08 Å². The van der Waals surface area contributed by atoms with Crippen molar-refractivity contribution in [3.63, 3.8) is 0 Å². The number of hydrogen-bond donors (Lipinski definition) is 0. The van der Waals surface area contributed by atoms with Crippen LogP contribution in [0.15, 0.2) is 41.3 Å². The van der Waals surface area contributed by atoms with E-state index in [4.69, 9.17) is 21.7 Å². The van der Waals surface area contributed by atoms with Gasteiger partial charge in [-0.2, -0.15) is 0 Å². The number of thiocarbonyl (C=S) groups is 1. The largest absolute Gasteiger partial charge is 0.490 e. The van der Waals surface area contributed by atoms with E-state index in [-0.39, 0.29) is 5.91 Å². The Morgan fingerprint density at radius 2 is 1.83 bits per heavy atom. The van der Waals surface area contributed by atoms with E-state index in [0.717, 1.165) is 16.8 Å². The molecule has 1 aliphatic rings. The minimum atomic E-state index is -0.105. The fraction of sp³-hybridized carbons (Fsp3) is 0.333. The molecule has 30 heavy (non-hydrogen) atoms. The second kappa shape index (κ2) is 9.67. The summed E-state index contributed by atoms with van der Waals surface area (Å²) in [7, 11) is 0. The molecule has 0 bridgehead atoms. The highest BCUT2D eigenvalue weighted by atomic mass is 32.2. The second-order valence-electron chi connectivity index (χ2n) is 7.63. The van der Waals surface area contributed by atoms with Crippen molar-refractivity contribution in [2.45, 2.75) is 34.6 Å². The maximum absolute atomic E-state index is 13.1. The number of benzene rings is 2. The first kappa shape index (κ1) is 22.4. The molecule has 3 rings (SSSR count).